The molecule has 0 N–H and O–H groups in total. The average molecular weight is 321 g/mol. The summed E-state index contributed by atoms with van der Waals surface area (Å²) in [5, 5.41) is 0.257. The number of carbonyl (C=O) groups excluding carboxylic acids is 1. The fourth-order valence-corrected chi connectivity index (χ4v) is 5.70. The second kappa shape index (κ2) is 5.59. The Balaban J connectivity index is 1.83. The summed E-state index contributed by atoms with van der Waals surface area (Å²) in [5.74, 6) is 1.75. The van der Waals surface area contributed by atoms with Crippen LogP contribution in [0.2, 0.25) is 18.1 Å². The molecule has 0 amide bonds. The molecule has 0 spiro atoms. The third-order valence-electron chi connectivity index (χ3n) is 6.73. The zero-order valence-electron chi connectivity index (χ0n) is 15.0. The number of carbonyl (C=O) groups is 1. The van der Waals surface area contributed by atoms with Crippen LogP contribution in [0.25, 0.3) is 0 Å². The van der Waals surface area contributed by atoms with E-state index < -0.39 is 8.32 Å². The van der Waals surface area contributed by atoms with Crippen LogP contribution < -0.4 is 0 Å². The standard InChI is InChI=1S/C19H32O2Si/c1-19(2,3)22(4,5)21-17-11-9-14-7-6-13-8-10-15(20)12-16(13)18(14)17/h13,16-17H,6-12H2,1-5H3. The van der Waals surface area contributed by atoms with E-state index in [1.165, 1.54) is 19.3 Å². The Kier molecular flexibility index (Phi) is 4.18. The van der Waals surface area contributed by atoms with Crippen molar-refractivity contribution in [2.45, 2.75) is 90.0 Å². The van der Waals surface area contributed by atoms with Crippen LogP contribution in [0.3, 0.4) is 0 Å². The van der Waals surface area contributed by atoms with Crippen LogP contribution in [0.15, 0.2) is 11.1 Å². The van der Waals surface area contributed by atoms with E-state index in [1.807, 2.05) is 0 Å². The Morgan fingerprint density at radius 1 is 1.05 bits per heavy atom. The number of ketones is 1. The van der Waals surface area contributed by atoms with Crippen molar-refractivity contribution in [3.8, 4) is 0 Å². The third kappa shape index (κ3) is 2.87. The lowest BCUT2D eigenvalue weighted by molar-refractivity contribution is -0.122. The molecule has 3 rings (SSSR count). The molecule has 3 unspecified atom stereocenters. The molecule has 124 valence electrons. The minimum absolute atomic E-state index is 0.257. The van der Waals surface area contributed by atoms with Crippen molar-refractivity contribution >= 4 is 14.1 Å². The molecule has 0 aromatic heterocycles. The molecule has 0 saturated heterocycles. The van der Waals surface area contributed by atoms with Crippen molar-refractivity contribution in [1.82, 2.24) is 0 Å². The fraction of sp³-hybridized carbons (Fsp3) is 0.842. The Hall–Kier alpha value is -0.413. The highest BCUT2D eigenvalue weighted by molar-refractivity contribution is 6.74. The molecule has 0 aromatic rings. The smallest absolute Gasteiger partial charge is 0.192 e. The van der Waals surface area contributed by atoms with E-state index in [1.54, 1.807) is 11.1 Å². The maximum atomic E-state index is 12.0. The first-order valence-electron chi connectivity index (χ1n) is 9.10. The molecule has 2 nitrogen and oxygen atoms in total. The Labute approximate surface area is 136 Å². The number of fused-ring (bicyclic) bond motifs is 2. The largest absolute Gasteiger partial charge is 0.410 e. The van der Waals surface area contributed by atoms with Gasteiger partial charge < -0.3 is 4.43 Å². The molecule has 3 aliphatic carbocycles. The van der Waals surface area contributed by atoms with E-state index >= 15 is 0 Å². The van der Waals surface area contributed by atoms with Crippen molar-refractivity contribution in [2.24, 2.45) is 11.8 Å². The lowest BCUT2D eigenvalue weighted by Crippen LogP contribution is -2.45. The highest BCUT2D eigenvalue weighted by atomic mass is 28.4. The van der Waals surface area contributed by atoms with E-state index in [2.05, 4.69) is 33.9 Å². The zero-order chi connectivity index (χ0) is 16.1. The first-order chi connectivity index (χ1) is 10.2. The van der Waals surface area contributed by atoms with Gasteiger partial charge in [-0.2, -0.15) is 0 Å². The molecule has 3 atom stereocenters. The molecular formula is C19H32O2Si. The number of allylic oxidation sites excluding steroid dienone is 1. The SMILES string of the molecule is CC(C)(C)[Si](C)(C)OC1CCC2=C1C1CC(=O)CCC1CC2. The van der Waals surface area contributed by atoms with Gasteiger partial charge in [-0.25, -0.2) is 0 Å². The van der Waals surface area contributed by atoms with Gasteiger partial charge in [0.2, 0.25) is 0 Å². The average Bonchev–Trinajstić information content (AvgIpc) is 2.80. The molecule has 1 saturated carbocycles. The summed E-state index contributed by atoms with van der Waals surface area (Å²) < 4.78 is 6.79. The minimum atomic E-state index is -1.74. The quantitative estimate of drug-likeness (QED) is 0.513. The van der Waals surface area contributed by atoms with Crippen LogP contribution >= 0.6 is 0 Å². The summed E-state index contributed by atoms with van der Waals surface area (Å²) in [7, 11) is -1.74. The van der Waals surface area contributed by atoms with Crippen molar-refractivity contribution in [3.63, 3.8) is 0 Å². The molecule has 1 fully saturated rings. The van der Waals surface area contributed by atoms with E-state index in [-0.39, 0.29) is 5.04 Å². The Morgan fingerprint density at radius 2 is 1.68 bits per heavy atom. The van der Waals surface area contributed by atoms with Crippen molar-refractivity contribution in [2.75, 3.05) is 0 Å². The lowest BCUT2D eigenvalue weighted by atomic mass is 9.68. The van der Waals surface area contributed by atoms with Crippen LogP contribution in [0.4, 0.5) is 0 Å². The van der Waals surface area contributed by atoms with Gasteiger partial charge in [-0.05, 0) is 67.6 Å². The molecule has 22 heavy (non-hydrogen) atoms. The monoisotopic (exact) mass is 320 g/mol. The predicted octanol–water partition coefficient (Wildman–Crippen LogP) is 5.25. The summed E-state index contributed by atoms with van der Waals surface area (Å²) in [4.78, 5) is 12.0. The van der Waals surface area contributed by atoms with Crippen molar-refractivity contribution < 1.29 is 9.22 Å². The number of rotatable bonds is 2. The van der Waals surface area contributed by atoms with Crippen LogP contribution in [0.1, 0.15) is 65.7 Å². The Morgan fingerprint density at radius 3 is 2.36 bits per heavy atom. The topological polar surface area (TPSA) is 26.3 Å². The van der Waals surface area contributed by atoms with Crippen LogP contribution in [-0.2, 0) is 9.22 Å². The van der Waals surface area contributed by atoms with Gasteiger partial charge in [0.1, 0.15) is 5.78 Å². The maximum Gasteiger partial charge on any atom is 0.192 e. The van der Waals surface area contributed by atoms with Gasteiger partial charge in [0.15, 0.2) is 8.32 Å². The summed E-state index contributed by atoms with van der Waals surface area (Å²) in [6.45, 7) is 11.7. The predicted molar refractivity (Wildman–Crippen MR) is 93.4 cm³/mol. The highest BCUT2D eigenvalue weighted by Crippen LogP contribution is 2.50. The van der Waals surface area contributed by atoms with E-state index in [9.17, 15) is 4.79 Å². The van der Waals surface area contributed by atoms with Gasteiger partial charge in [0, 0.05) is 12.8 Å². The lowest BCUT2D eigenvalue weighted by Gasteiger charge is -2.43. The van der Waals surface area contributed by atoms with Gasteiger partial charge in [-0.1, -0.05) is 26.3 Å². The first-order valence-corrected chi connectivity index (χ1v) is 12.0. The Bertz CT molecular complexity index is 498. The molecule has 3 aliphatic rings. The van der Waals surface area contributed by atoms with Crippen molar-refractivity contribution in [3.05, 3.63) is 11.1 Å². The molecule has 0 aromatic carbocycles. The normalized spacial score (nSPS) is 33.0. The molecule has 0 aliphatic heterocycles. The fourth-order valence-electron chi connectivity index (χ4n) is 4.39. The first kappa shape index (κ1) is 16.4. The molecule has 3 heteroatoms. The number of Topliss-reactive ketones (excluding diaryl/α,β-unsaturated/α-hetero) is 1. The van der Waals surface area contributed by atoms with Crippen LogP contribution in [-0.4, -0.2) is 20.2 Å². The van der Waals surface area contributed by atoms with Gasteiger partial charge in [0.25, 0.3) is 0 Å². The van der Waals surface area contributed by atoms with Gasteiger partial charge in [-0.3, -0.25) is 4.79 Å². The molecule has 0 heterocycles. The zero-order valence-corrected chi connectivity index (χ0v) is 16.0. The van der Waals surface area contributed by atoms with Gasteiger partial charge >= 0.3 is 0 Å². The van der Waals surface area contributed by atoms with E-state index in [0.29, 0.717) is 17.8 Å². The summed E-state index contributed by atoms with van der Waals surface area (Å²) in [5.41, 5.74) is 3.23. The van der Waals surface area contributed by atoms with Crippen LogP contribution in [0, 0.1) is 11.8 Å². The highest BCUT2D eigenvalue weighted by Gasteiger charge is 2.45. The van der Waals surface area contributed by atoms with Gasteiger partial charge in [0.05, 0.1) is 6.10 Å². The van der Waals surface area contributed by atoms with E-state index in [0.717, 1.165) is 31.6 Å². The van der Waals surface area contributed by atoms with E-state index in [4.69, 9.17) is 4.43 Å². The number of hydrogen-bond donors (Lipinski definition) is 0. The minimum Gasteiger partial charge on any atom is -0.410 e. The molecular weight excluding hydrogens is 288 g/mol. The summed E-state index contributed by atoms with van der Waals surface area (Å²) in [6.07, 6.45) is 7.99. The second-order valence-corrected chi connectivity index (χ2v) is 13.9. The van der Waals surface area contributed by atoms with Gasteiger partial charge in [-0.15, -0.1) is 0 Å². The summed E-state index contributed by atoms with van der Waals surface area (Å²) in [6, 6.07) is 0. The third-order valence-corrected chi connectivity index (χ3v) is 11.2. The number of hydrogen-bond acceptors (Lipinski definition) is 2. The van der Waals surface area contributed by atoms with Crippen LogP contribution in [0.5, 0.6) is 0 Å². The summed E-state index contributed by atoms with van der Waals surface area (Å²) >= 11 is 0. The maximum absolute atomic E-state index is 12.0. The van der Waals surface area contributed by atoms with Crippen molar-refractivity contribution in [1.29, 1.82) is 0 Å². The molecule has 0 bridgehead atoms. The molecule has 0 radical (unpaired) electrons. The second-order valence-electron chi connectivity index (χ2n) is 9.15.